The number of benzene rings is 1. The second kappa shape index (κ2) is 9.58. The minimum atomic E-state index is -0.603. The molecule has 11 heteroatoms. The summed E-state index contributed by atoms with van der Waals surface area (Å²) in [6, 6.07) is 4.82. The minimum Gasteiger partial charge on any atom is -0.494 e. The van der Waals surface area contributed by atoms with Crippen molar-refractivity contribution in [3.05, 3.63) is 35.2 Å². The standard InChI is InChI=1S/C20H27N7O4/c1-4-27-15(9-12(2)25-27)19(29)24-20-23-14-10-13(18(22)28)11-16(30-3)17(14)26(20)6-8-31-7-5-21/h9-11H,4-8,21H2,1-3H3,(H2,22,28)(H,23,24,29). The first-order valence-corrected chi connectivity index (χ1v) is 9.91. The van der Waals surface area contributed by atoms with Crippen molar-refractivity contribution in [1.29, 1.82) is 0 Å². The maximum absolute atomic E-state index is 13.0. The topological polar surface area (TPSA) is 152 Å². The Balaban J connectivity index is 2.05. The van der Waals surface area contributed by atoms with Gasteiger partial charge in [-0.15, -0.1) is 0 Å². The van der Waals surface area contributed by atoms with E-state index in [2.05, 4.69) is 15.4 Å². The highest BCUT2D eigenvalue weighted by atomic mass is 16.5. The van der Waals surface area contributed by atoms with E-state index in [-0.39, 0.29) is 17.4 Å². The van der Waals surface area contributed by atoms with Gasteiger partial charge in [-0.2, -0.15) is 5.10 Å². The molecule has 3 aromatic rings. The molecule has 3 rings (SSSR count). The van der Waals surface area contributed by atoms with E-state index >= 15 is 0 Å². The fourth-order valence-electron chi connectivity index (χ4n) is 3.32. The number of hydrogen-bond donors (Lipinski definition) is 3. The number of nitrogens with two attached hydrogens (primary N) is 2. The van der Waals surface area contributed by atoms with Crippen LogP contribution in [0.15, 0.2) is 18.2 Å². The molecular weight excluding hydrogens is 402 g/mol. The van der Waals surface area contributed by atoms with Crippen molar-refractivity contribution in [1.82, 2.24) is 19.3 Å². The summed E-state index contributed by atoms with van der Waals surface area (Å²) in [4.78, 5) is 29.2. The van der Waals surface area contributed by atoms with Crippen LogP contribution in [0.1, 0.15) is 33.5 Å². The maximum Gasteiger partial charge on any atom is 0.276 e. The Morgan fingerprint density at radius 1 is 1.23 bits per heavy atom. The fourth-order valence-corrected chi connectivity index (χ4v) is 3.32. The molecule has 0 aliphatic rings. The molecule has 0 saturated carbocycles. The zero-order valence-corrected chi connectivity index (χ0v) is 17.8. The number of nitrogens with one attached hydrogen (secondary N) is 1. The van der Waals surface area contributed by atoms with E-state index in [9.17, 15) is 9.59 Å². The largest absolute Gasteiger partial charge is 0.494 e. The van der Waals surface area contributed by atoms with Crippen molar-refractivity contribution in [3.63, 3.8) is 0 Å². The van der Waals surface area contributed by atoms with Gasteiger partial charge in [-0.25, -0.2) is 4.98 Å². The smallest absolute Gasteiger partial charge is 0.276 e. The number of aromatic nitrogens is 4. The predicted octanol–water partition coefficient (Wildman–Crippen LogP) is 0.896. The lowest BCUT2D eigenvalue weighted by molar-refractivity contribution is 0.0995. The SMILES string of the molecule is CCn1nc(C)cc1C(=O)Nc1nc2cc(C(N)=O)cc(OC)c2n1CCOCCN. The van der Waals surface area contributed by atoms with Gasteiger partial charge in [0.25, 0.3) is 5.91 Å². The second-order valence-corrected chi connectivity index (χ2v) is 6.84. The maximum atomic E-state index is 13.0. The summed E-state index contributed by atoms with van der Waals surface area (Å²) in [7, 11) is 1.49. The molecule has 0 aliphatic heterocycles. The lowest BCUT2D eigenvalue weighted by Crippen LogP contribution is -2.21. The number of ether oxygens (including phenoxy) is 2. The number of aryl methyl sites for hydroxylation is 2. The van der Waals surface area contributed by atoms with Gasteiger partial charge in [0.05, 0.1) is 31.5 Å². The summed E-state index contributed by atoms with van der Waals surface area (Å²) in [5.74, 6) is -0.254. The van der Waals surface area contributed by atoms with E-state index in [1.54, 1.807) is 27.4 Å². The van der Waals surface area contributed by atoms with Crippen LogP contribution < -0.4 is 21.5 Å². The van der Waals surface area contributed by atoms with E-state index in [0.717, 1.165) is 5.69 Å². The van der Waals surface area contributed by atoms with Crippen LogP contribution in [0, 0.1) is 6.92 Å². The third kappa shape index (κ3) is 4.67. The molecule has 0 fully saturated rings. The third-order valence-electron chi connectivity index (χ3n) is 4.69. The number of anilines is 1. The molecule has 5 N–H and O–H groups in total. The predicted molar refractivity (Wildman–Crippen MR) is 115 cm³/mol. The second-order valence-electron chi connectivity index (χ2n) is 6.84. The molecule has 0 atom stereocenters. The normalized spacial score (nSPS) is 11.1. The van der Waals surface area contributed by atoms with Gasteiger partial charge < -0.3 is 25.5 Å². The van der Waals surface area contributed by atoms with E-state index in [1.165, 1.54) is 7.11 Å². The lowest BCUT2D eigenvalue weighted by Gasteiger charge is -2.13. The summed E-state index contributed by atoms with van der Waals surface area (Å²) < 4.78 is 14.4. The molecule has 0 radical (unpaired) electrons. The highest BCUT2D eigenvalue weighted by Gasteiger charge is 2.21. The van der Waals surface area contributed by atoms with E-state index < -0.39 is 5.91 Å². The number of fused-ring (bicyclic) bond motifs is 1. The van der Waals surface area contributed by atoms with Crippen LogP contribution >= 0.6 is 0 Å². The van der Waals surface area contributed by atoms with Crippen LogP contribution in [0.5, 0.6) is 5.75 Å². The summed E-state index contributed by atoms with van der Waals surface area (Å²) in [6.45, 7) is 5.82. The van der Waals surface area contributed by atoms with Crippen LogP contribution in [0.2, 0.25) is 0 Å². The highest BCUT2D eigenvalue weighted by Crippen LogP contribution is 2.30. The molecule has 0 aliphatic carbocycles. The van der Waals surface area contributed by atoms with Gasteiger partial charge in [0.2, 0.25) is 11.9 Å². The van der Waals surface area contributed by atoms with Crippen LogP contribution in [-0.4, -0.2) is 58.0 Å². The number of methoxy groups -OCH3 is 1. The monoisotopic (exact) mass is 429 g/mol. The number of carbonyl (C=O) groups is 2. The summed E-state index contributed by atoms with van der Waals surface area (Å²) in [6.07, 6.45) is 0. The Morgan fingerprint density at radius 2 is 2.00 bits per heavy atom. The molecule has 0 bridgehead atoms. The molecule has 31 heavy (non-hydrogen) atoms. The first-order chi connectivity index (χ1) is 14.9. The van der Waals surface area contributed by atoms with Crippen molar-refractivity contribution in [2.24, 2.45) is 11.5 Å². The molecule has 0 unspecified atom stereocenters. The van der Waals surface area contributed by atoms with E-state index in [4.69, 9.17) is 20.9 Å². The molecule has 0 spiro atoms. The van der Waals surface area contributed by atoms with Crippen LogP contribution in [0.25, 0.3) is 11.0 Å². The number of hydrogen-bond acceptors (Lipinski definition) is 7. The Labute approximate surface area is 179 Å². The van der Waals surface area contributed by atoms with Gasteiger partial charge in [-0.3, -0.25) is 19.6 Å². The molecule has 0 saturated heterocycles. The Morgan fingerprint density at radius 3 is 2.65 bits per heavy atom. The summed E-state index contributed by atoms with van der Waals surface area (Å²) in [5.41, 5.74) is 13.4. The molecular formula is C20H27N7O4. The van der Waals surface area contributed by atoms with Gasteiger partial charge >= 0.3 is 0 Å². The fraction of sp³-hybridized carbons (Fsp3) is 0.400. The molecule has 11 nitrogen and oxygen atoms in total. The molecule has 2 aromatic heterocycles. The lowest BCUT2D eigenvalue weighted by atomic mass is 10.1. The van der Waals surface area contributed by atoms with Crippen molar-refractivity contribution in [2.75, 3.05) is 32.2 Å². The van der Waals surface area contributed by atoms with Crippen molar-refractivity contribution in [2.45, 2.75) is 26.9 Å². The van der Waals surface area contributed by atoms with Gasteiger partial charge in [0.15, 0.2) is 0 Å². The molecule has 2 heterocycles. The minimum absolute atomic E-state index is 0.256. The Bertz CT molecular complexity index is 1100. The Kier molecular flexibility index (Phi) is 6.88. The summed E-state index contributed by atoms with van der Waals surface area (Å²) in [5, 5.41) is 7.16. The summed E-state index contributed by atoms with van der Waals surface area (Å²) >= 11 is 0. The van der Waals surface area contributed by atoms with Gasteiger partial charge in [0.1, 0.15) is 17.0 Å². The first kappa shape index (κ1) is 22.2. The highest BCUT2D eigenvalue weighted by molar-refractivity contribution is 6.04. The molecule has 2 amide bonds. The van der Waals surface area contributed by atoms with Crippen LogP contribution in [0.4, 0.5) is 5.95 Å². The first-order valence-electron chi connectivity index (χ1n) is 9.91. The van der Waals surface area contributed by atoms with Gasteiger partial charge in [-0.1, -0.05) is 0 Å². The average molecular weight is 429 g/mol. The zero-order chi connectivity index (χ0) is 22.5. The number of nitrogens with zero attached hydrogens (tertiary/aromatic N) is 4. The van der Waals surface area contributed by atoms with Gasteiger partial charge in [0, 0.05) is 25.2 Å². The number of amides is 2. The number of rotatable bonds is 10. The van der Waals surface area contributed by atoms with Gasteiger partial charge in [-0.05, 0) is 32.0 Å². The van der Waals surface area contributed by atoms with Crippen LogP contribution in [0.3, 0.4) is 0 Å². The number of imidazole rings is 1. The van der Waals surface area contributed by atoms with E-state index in [1.807, 2.05) is 13.8 Å². The quantitative estimate of drug-likeness (QED) is 0.405. The Hall–Kier alpha value is -3.44. The van der Waals surface area contributed by atoms with Crippen molar-refractivity contribution in [3.8, 4) is 5.75 Å². The molecule has 166 valence electrons. The average Bonchev–Trinajstić information content (AvgIpc) is 3.30. The zero-order valence-electron chi connectivity index (χ0n) is 17.8. The van der Waals surface area contributed by atoms with Crippen molar-refractivity contribution >= 4 is 28.8 Å². The third-order valence-corrected chi connectivity index (χ3v) is 4.69. The van der Waals surface area contributed by atoms with E-state index in [0.29, 0.717) is 55.3 Å². The van der Waals surface area contributed by atoms with Crippen molar-refractivity contribution < 1.29 is 19.1 Å². The number of primary amides is 1. The van der Waals surface area contributed by atoms with Crippen LogP contribution in [-0.2, 0) is 17.8 Å². The molecule has 1 aromatic carbocycles. The number of carbonyl (C=O) groups excluding carboxylic acids is 2.